The monoisotopic (exact) mass is 197 g/mol. The first-order valence-electron chi connectivity index (χ1n) is 5.83. The number of piperazine rings is 1. The number of likely N-dealkylation sites (tertiary alicyclic amines) is 1. The van der Waals surface area contributed by atoms with Crippen LogP contribution in [0.3, 0.4) is 0 Å². The van der Waals surface area contributed by atoms with Gasteiger partial charge in [-0.2, -0.15) is 0 Å². The van der Waals surface area contributed by atoms with E-state index in [9.17, 15) is 0 Å². The van der Waals surface area contributed by atoms with E-state index in [1.165, 1.54) is 39.3 Å². The fraction of sp³-hybridized carbons (Fsp3) is 1.00. The molecule has 2 fully saturated rings. The van der Waals surface area contributed by atoms with Crippen LogP contribution in [-0.4, -0.2) is 73.1 Å². The number of rotatable bonds is 2. The summed E-state index contributed by atoms with van der Waals surface area (Å²) >= 11 is 0. The van der Waals surface area contributed by atoms with Gasteiger partial charge in [-0.05, 0) is 20.9 Å². The van der Waals surface area contributed by atoms with Crippen LogP contribution < -0.4 is 0 Å². The summed E-state index contributed by atoms with van der Waals surface area (Å²) in [6, 6.07) is 1.59. The van der Waals surface area contributed by atoms with E-state index in [2.05, 4.69) is 35.6 Å². The van der Waals surface area contributed by atoms with Gasteiger partial charge in [-0.3, -0.25) is 9.80 Å². The molecule has 0 radical (unpaired) electrons. The van der Waals surface area contributed by atoms with Gasteiger partial charge in [0.2, 0.25) is 0 Å². The van der Waals surface area contributed by atoms with Gasteiger partial charge in [0.05, 0.1) is 0 Å². The van der Waals surface area contributed by atoms with E-state index in [4.69, 9.17) is 0 Å². The molecular weight excluding hydrogens is 174 g/mol. The van der Waals surface area contributed by atoms with E-state index in [-0.39, 0.29) is 0 Å². The summed E-state index contributed by atoms with van der Waals surface area (Å²) in [6.07, 6.45) is 0. The van der Waals surface area contributed by atoms with Crippen LogP contribution in [0.2, 0.25) is 0 Å². The fourth-order valence-electron chi connectivity index (χ4n) is 2.33. The lowest BCUT2D eigenvalue weighted by Crippen LogP contribution is -2.64. The predicted octanol–water partition coefficient (Wildman–Crippen LogP) is 0.326. The zero-order valence-corrected chi connectivity index (χ0v) is 9.74. The normalized spacial score (nSPS) is 28.3. The third-order valence-corrected chi connectivity index (χ3v) is 3.68. The van der Waals surface area contributed by atoms with E-state index in [1.54, 1.807) is 0 Å². The van der Waals surface area contributed by atoms with Crippen molar-refractivity contribution in [2.24, 2.45) is 0 Å². The van der Waals surface area contributed by atoms with Crippen molar-refractivity contribution in [3.63, 3.8) is 0 Å². The van der Waals surface area contributed by atoms with E-state index in [1.807, 2.05) is 0 Å². The molecule has 2 saturated heterocycles. The molecule has 82 valence electrons. The number of nitrogens with zero attached hydrogens (tertiary/aromatic N) is 3. The van der Waals surface area contributed by atoms with Gasteiger partial charge in [-0.25, -0.2) is 0 Å². The number of hydrogen-bond donors (Lipinski definition) is 0. The second kappa shape index (κ2) is 4.17. The molecule has 0 saturated carbocycles. The van der Waals surface area contributed by atoms with Gasteiger partial charge in [0, 0.05) is 51.4 Å². The van der Waals surface area contributed by atoms with Gasteiger partial charge < -0.3 is 4.90 Å². The second-order valence-electron chi connectivity index (χ2n) is 5.04. The quantitative estimate of drug-likeness (QED) is 0.631. The Morgan fingerprint density at radius 1 is 1.00 bits per heavy atom. The Kier molecular flexibility index (Phi) is 3.10. The Bertz CT molecular complexity index is 179. The summed E-state index contributed by atoms with van der Waals surface area (Å²) in [5.41, 5.74) is 0. The molecular formula is C11H23N3. The van der Waals surface area contributed by atoms with Crippen LogP contribution in [0, 0.1) is 0 Å². The molecule has 14 heavy (non-hydrogen) atoms. The second-order valence-corrected chi connectivity index (χ2v) is 5.04. The van der Waals surface area contributed by atoms with Gasteiger partial charge in [0.1, 0.15) is 0 Å². The molecule has 0 aromatic carbocycles. The maximum absolute atomic E-state index is 2.67. The average molecular weight is 197 g/mol. The molecule has 3 nitrogen and oxygen atoms in total. The Morgan fingerprint density at radius 2 is 1.57 bits per heavy atom. The first kappa shape index (κ1) is 10.4. The molecule has 0 aliphatic carbocycles. The number of hydrogen-bond acceptors (Lipinski definition) is 3. The molecule has 0 aromatic heterocycles. The largest absolute Gasteiger partial charge is 0.304 e. The van der Waals surface area contributed by atoms with Crippen molar-refractivity contribution in [2.45, 2.75) is 25.9 Å². The minimum Gasteiger partial charge on any atom is -0.304 e. The predicted molar refractivity (Wildman–Crippen MR) is 59.6 cm³/mol. The first-order chi connectivity index (χ1) is 6.66. The van der Waals surface area contributed by atoms with Crippen LogP contribution >= 0.6 is 0 Å². The summed E-state index contributed by atoms with van der Waals surface area (Å²) in [4.78, 5) is 7.65. The van der Waals surface area contributed by atoms with Gasteiger partial charge in [-0.1, -0.05) is 0 Å². The smallest absolute Gasteiger partial charge is 0.0351 e. The molecule has 0 spiro atoms. The van der Waals surface area contributed by atoms with Crippen LogP contribution in [0.1, 0.15) is 13.8 Å². The first-order valence-corrected chi connectivity index (χ1v) is 5.83. The molecule has 0 unspecified atom stereocenters. The molecule has 3 heteroatoms. The Balaban J connectivity index is 1.72. The third-order valence-electron chi connectivity index (χ3n) is 3.68. The standard InChI is InChI=1S/C11H23N3/c1-10(2)14-8-11(9-14)13-6-4-12(3)5-7-13/h10-11H,4-9H2,1-3H3. The maximum Gasteiger partial charge on any atom is 0.0351 e. The van der Waals surface area contributed by atoms with Crippen LogP contribution in [0.25, 0.3) is 0 Å². The van der Waals surface area contributed by atoms with E-state index < -0.39 is 0 Å². The van der Waals surface area contributed by atoms with Crippen molar-refractivity contribution in [3.8, 4) is 0 Å². The van der Waals surface area contributed by atoms with Crippen molar-refractivity contribution >= 4 is 0 Å². The molecule has 0 atom stereocenters. The SMILES string of the molecule is CC(C)N1CC(N2CCN(C)CC2)C1. The molecule has 0 aromatic rings. The summed E-state index contributed by atoms with van der Waals surface area (Å²) in [6.45, 7) is 12.2. The van der Waals surface area contributed by atoms with Gasteiger partial charge in [-0.15, -0.1) is 0 Å². The van der Waals surface area contributed by atoms with Crippen LogP contribution in [-0.2, 0) is 0 Å². The van der Waals surface area contributed by atoms with Crippen molar-refractivity contribution in [3.05, 3.63) is 0 Å². The van der Waals surface area contributed by atoms with E-state index in [0.29, 0.717) is 0 Å². The zero-order chi connectivity index (χ0) is 10.1. The van der Waals surface area contributed by atoms with Gasteiger partial charge in [0.15, 0.2) is 0 Å². The number of likely N-dealkylation sites (N-methyl/N-ethyl adjacent to an activating group) is 1. The molecule has 2 aliphatic heterocycles. The minimum absolute atomic E-state index is 0.735. The Labute approximate surface area is 87.7 Å². The highest BCUT2D eigenvalue weighted by atomic mass is 15.3. The maximum atomic E-state index is 2.67. The lowest BCUT2D eigenvalue weighted by atomic mass is 10.0. The highest BCUT2D eigenvalue weighted by molar-refractivity contribution is 4.91. The van der Waals surface area contributed by atoms with Crippen molar-refractivity contribution in [1.29, 1.82) is 0 Å². The van der Waals surface area contributed by atoms with E-state index in [0.717, 1.165) is 12.1 Å². The molecule has 0 amide bonds. The van der Waals surface area contributed by atoms with Crippen molar-refractivity contribution in [2.75, 3.05) is 46.3 Å². The lowest BCUT2D eigenvalue weighted by Gasteiger charge is -2.49. The highest BCUT2D eigenvalue weighted by Crippen LogP contribution is 2.18. The summed E-state index contributed by atoms with van der Waals surface area (Å²) in [7, 11) is 2.22. The molecule has 2 rings (SSSR count). The summed E-state index contributed by atoms with van der Waals surface area (Å²) in [5, 5.41) is 0. The van der Waals surface area contributed by atoms with Crippen LogP contribution in [0.4, 0.5) is 0 Å². The fourth-order valence-corrected chi connectivity index (χ4v) is 2.33. The molecule has 2 heterocycles. The lowest BCUT2D eigenvalue weighted by molar-refractivity contribution is -0.00575. The minimum atomic E-state index is 0.735. The van der Waals surface area contributed by atoms with Crippen LogP contribution in [0.15, 0.2) is 0 Å². The third kappa shape index (κ3) is 2.10. The van der Waals surface area contributed by atoms with E-state index >= 15 is 0 Å². The Morgan fingerprint density at radius 3 is 2.07 bits per heavy atom. The zero-order valence-electron chi connectivity index (χ0n) is 9.74. The van der Waals surface area contributed by atoms with Crippen LogP contribution in [0.5, 0.6) is 0 Å². The molecule has 0 N–H and O–H groups in total. The summed E-state index contributed by atoms with van der Waals surface area (Å²) in [5.74, 6) is 0. The van der Waals surface area contributed by atoms with Crippen molar-refractivity contribution < 1.29 is 0 Å². The topological polar surface area (TPSA) is 9.72 Å². The highest BCUT2D eigenvalue weighted by Gasteiger charge is 2.33. The average Bonchev–Trinajstić information content (AvgIpc) is 2.05. The molecule has 2 aliphatic rings. The van der Waals surface area contributed by atoms with Gasteiger partial charge >= 0.3 is 0 Å². The summed E-state index contributed by atoms with van der Waals surface area (Å²) < 4.78 is 0. The Hall–Kier alpha value is -0.120. The van der Waals surface area contributed by atoms with Gasteiger partial charge in [0.25, 0.3) is 0 Å². The molecule has 0 bridgehead atoms. The van der Waals surface area contributed by atoms with Crippen molar-refractivity contribution in [1.82, 2.24) is 14.7 Å².